The highest BCUT2D eigenvalue weighted by Gasteiger charge is 2.23. The molecule has 3 rings (SSSR count). The van der Waals surface area contributed by atoms with Gasteiger partial charge in [-0.3, -0.25) is 9.69 Å². The van der Waals surface area contributed by atoms with Gasteiger partial charge < -0.3 is 5.32 Å². The zero-order valence-electron chi connectivity index (χ0n) is 18.3. The summed E-state index contributed by atoms with van der Waals surface area (Å²) in [4.78, 5) is 15.2. The van der Waals surface area contributed by atoms with Crippen LogP contribution in [0.15, 0.2) is 47.4 Å². The average Bonchev–Trinajstić information content (AvgIpc) is 2.75. The van der Waals surface area contributed by atoms with Crippen molar-refractivity contribution in [3.8, 4) is 0 Å². The Balaban J connectivity index is 1.80. The predicted octanol–water partition coefficient (Wildman–Crippen LogP) is 4.61. The van der Waals surface area contributed by atoms with Gasteiger partial charge in [0.05, 0.1) is 5.02 Å². The van der Waals surface area contributed by atoms with Crippen molar-refractivity contribution in [3.63, 3.8) is 0 Å². The van der Waals surface area contributed by atoms with Crippen LogP contribution in [-0.4, -0.2) is 50.7 Å². The van der Waals surface area contributed by atoms with E-state index in [1.807, 2.05) is 24.3 Å². The molecule has 0 radical (unpaired) electrons. The average molecular weight is 464 g/mol. The van der Waals surface area contributed by atoms with Gasteiger partial charge in [0.1, 0.15) is 4.90 Å². The van der Waals surface area contributed by atoms with E-state index >= 15 is 0 Å². The summed E-state index contributed by atoms with van der Waals surface area (Å²) in [6.45, 7) is 0.738. The molecule has 0 unspecified atom stereocenters. The number of carbonyl (C=O) groups is 1. The fourth-order valence-electron chi connectivity index (χ4n) is 3.93. The summed E-state index contributed by atoms with van der Waals surface area (Å²) in [6.07, 6.45) is 6.26. The van der Waals surface area contributed by atoms with Gasteiger partial charge in [0.2, 0.25) is 10.0 Å². The Kier molecular flexibility index (Phi) is 7.75. The molecule has 0 atom stereocenters. The molecule has 2 aromatic rings. The molecule has 1 saturated carbocycles. The minimum Gasteiger partial charge on any atom is -0.322 e. The van der Waals surface area contributed by atoms with Crippen molar-refractivity contribution in [2.75, 3.05) is 26.5 Å². The van der Waals surface area contributed by atoms with E-state index < -0.39 is 10.0 Å². The van der Waals surface area contributed by atoms with Crippen molar-refractivity contribution >= 4 is 33.2 Å². The Morgan fingerprint density at radius 1 is 1.06 bits per heavy atom. The van der Waals surface area contributed by atoms with Crippen LogP contribution in [0.25, 0.3) is 0 Å². The number of hydrogen-bond acceptors (Lipinski definition) is 4. The van der Waals surface area contributed by atoms with Crippen molar-refractivity contribution in [1.82, 2.24) is 9.21 Å². The summed E-state index contributed by atoms with van der Waals surface area (Å²) >= 11 is 6.10. The molecule has 2 aromatic carbocycles. The Morgan fingerprint density at radius 3 is 2.42 bits per heavy atom. The molecule has 1 N–H and O–H groups in total. The lowest BCUT2D eigenvalue weighted by Gasteiger charge is -2.31. The third kappa shape index (κ3) is 5.66. The molecule has 31 heavy (non-hydrogen) atoms. The molecule has 0 aliphatic heterocycles. The number of carbonyl (C=O) groups excluding carboxylic acids is 1. The van der Waals surface area contributed by atoms with Crippen molar-refractivity contribution in [3.05, 3.63) is 58.6 Å². The lowest BCUT2D eigenvalue weighted by Crippen LogP contribution is -2.33. The van der Waals surface area contributed by atoms with E-state index in [-0.39, 0.29) is 21.4 Å². The summed E-state index contributed by atoms with van der Waals surface area (Å²) in [5.41, 5.74) is 1.99. The number of nitrogens with zero attached hydrogens (tertiary/aromatic N) is 2. The molecule has 0 saturated heterocycles. The van der Waals surface area contributed by atoms with E-state index in [1.54, 1.807) is 0 Å². The number of hydrogen-bond donors (Lipinski definition) is 1. The van der Waals surface area contributed by atoms with Crippen LogP contribution in [0.2, 0.25) is 5.02 Å². The standard InChI is InChI=1S/C23H30ClN3O3S/c1-26(2)31(29,30)22-15-17(13-14-20(22)24)23(28)25-21-12-8-7-9-18(21)16-27(3)19-10-5-4-6-11-19/h7-9,12-15,19H,4-6,10-11,16H2,1-3H3,(H,25,28). The molecule has 0 heterocycles. The number of nitrogens with one attached hydrogen (secondary N) is 1. The monoisotopic (exact) mass is 463 g/mol. The van der Waals surface area contributed by atoms with Gasteiger partial charge in [-0.1, -0.05) is 49.1 Å². The maximum atomic E-state index is 12.9. The van der Waals surface area contributed by atoms with Gasteiger partial charge in [-0.15, -0.1) is 0 Å². The molecule has 1 aliphatic rings. The van der Waals surface area contributed by atoms with Gasteiger partial charge in [0.25, 0.3) is 5.91 Å². The summed E-state index contributed by atoms with van der Waals surface area (Å²) in [7, 11) is 1.23. The minimum atomic E-state index is -3.76. The number of sulfonamides is 1. The normalized spacial score (nSPS) is 15.4. The number of halogens is 1. The number of rotatable bonds is 7. The first-order valence-electron chi connectivity index (χ1n) is 10.5. The van der Waals surface area contributed by atoms with Crippen molar-refractivity contribution < 1.29 is 13.2 Å². The first-order valence-corrected chi connectivity index (χ1v) is 12.3. The quantitative estimate of drug-likeness (QED) is 0.651. The van der Waals surface area contributed by atoms with Gasteiger partial charge in [-0.2, -0.15) is 0 Å². The highest BCUT2D eigenvalue weighted by Crippen LogP contribution is 2.27. The maximum absolute atomic E-state index is 12.9. The van der Waals surface area contributed by atoms with Crippen LogP contribution in [0.1, 0.15) is 48.0 Å². The number of anilines is 1. The van der Waals surface area contributed by atoms with E-state index in [0.29, 0.717) is 6.04 Å². The smallest absolute Gasteiger partial charge is 0.255 e. The first kappa shape index (κ1) is 23.7. The van der Waals surface area contributed by atoms with Crippen LogP contribution in [-0.2, 0) is 16.6 Å². The Labute approximate surface area is 190 Å². The maximum Gasteiger partial charge on any atom is 0.255 e. The highest BCUT2D eigenvalue weighted by molar-refractivity contribution is 7.89. The highest BCUT2D eigenvalue weighted by atomic mass is 35.5. The van der Waals surface area contributed by atoms with E-state index in [4.69, 9.17) is 11.6 Å². The zero-order chi connectivity index (χ0) is 22.6. The van der Waals surface area contributed by atoms with E-state index in [2.05, 4.69) is 17.3 Å². The van der Waals surface area contributed by atoms with Crippen LogP contribution >= 0.6 is 11.6 Å². The van der Waals surface area contributed by atoms with Crippen LogP contribution < -0.4 is 5.32 Å². The molecule has 0 aromatic heterocycles. The molecular formula is C23H30ClN3O3S. The van der Waals surface area contributed by atoms with Gasteiger partial charge in [0, 0.05) is 37.9 Å². The Bertz CT molecular complexity index is 1030. The molecule has 1 fully saturated rings. The summed E-state index contributed by atoms with van der Waals surface area (Å²) in [5, 5.41) is 3.03. The van der Waals surface area contributed by atoms with E-state index in [9.17, 15) is 13.2 Å². The van der Waals surface area contributed by atoms with Crippen LogP contribution in [0.5, 0.6) is 0 Å². The first-order chi connectivity index (χ1) is 14.7. The molecule has 1 amide bonds. The lowest BCUT2D eigenvalue weighted by molar-refractivity contribution is 0.102. The fraction of sp³-hybridized carbons (Fsp3) is 0.435. The van der Waals surface area contributed by atoms with Crippen molar-refractivity contribution in [2.24, 2.45) is 0 Å². The Hall–Kier alpha value is -1.93. The van der Waals surface area contributed by atoms with Gasteiger partial charge in [-0.05, 0) is 49.7 Å². The third-order valence-corrected chi connectivity index (χ3v) is 8.13. The summed E-state index contributed by atoms with van der Waals surface area (Å²) in [5.74, 6) is -0.375. The largest absolute Gasteiger partial charge is 0.322 e. The van der Waals surface area contributed by atoms with E-state index in [1.165, 1.54) is 64.4 Å². The molecule has 8 heteroatoms. The van der Waals surface area contributed by atoms with Crippen molar-refractivity contribution in [2.45, 2.75) is 49.6 Å². The fourth-order valence-corrected chi connectivity index (χ4v) is 5.33. The van der Waals surface area contributed by atoms with Gasteiger partial charge >= 0.3 is 0 Å². The van der Waals surface area contributed by atoms with Gasteiger partial charge in [-0.25, -0.2) is 12.7 Å². The number of para-hydroxylation sites is 1. The molecule has 0 spiro atoms. The van der Waals surface area contributed by atoms with Crippen LogP contribution in [0.4, 0.5) is 5.69 Å². The second kappa shape index (κ2) is 10.1. The lowest BCUT2D eigenvalue weighted by atomic mass is 9.94. The topological polar surface area (TPSA) is 69.7 Å². The predicted molar refractivity (Wildman–Crippen MR) is 125 cm³/mol. The molecule has 0 bridgehead atoms. The molecular weight excluding hydrogens is 434 g/mol. The second-order valence-corrected chi connectivity index (χ2v) is 10.8. The number of amides is 1. The minimum absolute atomic E-state index is 0.0831. The third-order valence-electron chi connectivity index (χ3n) is 5.84. The zero-order valence-corrected chi connectivity index (χ0v) is 19.8. The Morgan fingerprint density at radius 2 is 1.74 bits per heavy atom. The van der Waals surface area contributed by atoms with Crippen molar-refractivity contribution in [1.29, 1.82) is 0 Å². The molecule has 6 nitrogen and oxygen atoms in total. The molecule has 168 valence electrons. The van der Waals surface area contributed by atoms with Gasteiger partial charge in [0.15, 0.2) is 0 Å². The van der Waals surface area contributed by atoms with E-state index in [0.717, 1.165) is 22.1 Å². The second-order valence-electron chi connectivity index (χ2n) is 8.25. The molecule has 1 aliphatic carbocycles. The summed E-state index contributed by atoms with van der Waals surface area (Å²) in [6, 6.07) is 12.6. The number of benzene rings is 2. The van der Waals surface area contributed by atoms with Crippen LogP contribution in [0, 0.1) is 0 Å². The van der Waals surface area contributed by atoms with Crippen LogP contribution in [0.3, 0.4) is 0 Å². The SMILES string of the molecule is CN(Cc1ccccc1NC(=O)c1ccc(Cl)c(S(=O)(=O)N(C)C)c1)C1CCCCC1. The summed E-state index contributed by atoms with van der Waals surface area (Å²) < 4.78 is 26.1.